The smallest absolute Gasteiger partial charge is 0.267 e. The maximum Gasteiger partial charge on any atom is 0.267 e. The highest BCUT2D eigenvalue weighted by Crippen LogP contribution is 2.33. The van der Waals surface area contributed by atoms with Gasteiger partial charge >= 0.3 is 0 Å². The normalized spacial score (nSPS) is 15.3. The van der Waals surface area contributed by atoms with Crippen LogP contribution >= 0.6 is 24.0 Å². The van der Waals surface area contributed by atoms with E-state index >= 15 is 0 Å². The number of hydrogen-bond acceptors (Lipinski definition) is 6. The first-order valence-corrected chi connectivity index (χ1v) is 12.8. The highest BCUT2D eigenvalue weighted by Gasteiger charge is 2.32. The largest absolute Gasteiger partial charge is 0.369 e. The van der Waals surface area contributed by atoms with E-state index in [1.807, 2.05) is 6.07 Å². The summed E-state index contributed by atoms with van der Waals surface area (Å²) in [5.41, 5.74) is 0.777. The van der Waals surface area contributed by atoms with Crippen LogP contribution in [0.4, 0.5) is 5.82 Å². The molecule has 1 saturated heterocycles. The number of anilines is 1. The van der Waals surface area contributed by atoms with E-state index in [1.54, 1.807) is 29.3 Å². The molecule has 0 unspecified atom stereocenters. The molecule has 0 aliphatic carbocycles. The second-order valence-corrected chi connectivity index (χ2v) is 9.67. The molecule has 0 bridgehead atoms. The first-order valence-electron chi connectivity index (χ1n) is 11.6. The molecule has 1 fully saturated rings. The van der Waals surface area contributed by atoms with E-state index in [9.17, 15) is 9.59 Å². The van der Waals surface area contributed by atoms with Crippen molar-refractivity contribution < 1.29 is 4.79 Å². The SMILES string of the molecule is CCCCCCCN1C(=O)C(=Cc2c(NCCCCC)nc3ccccn3c2=O)SC1=S. The van der Waals surface area contributed by atoms with Gasteiger partial charge in [0.25, 0.3) is 11.5 Å². The highest BCUT2D eigenvalue weighted by molar-refractivity contribution is 8.26. The maximum absolute atomic E-state index is 13.2. The number of unbranched alkanes of at least 4 members (excludes halogenated alkanes) is 6. The Balaban J connectivity index is 1.85. The van der Waals surface area contributed by atoms with Crippen LogP contribution in [0.3, 0.4) is 0 Å². The Kier molecular flexibility index (Phi) is 9.29. The number of aromatic nitrogens is 2. The number of thioether (sulfide) groups is 1. The van der Waals surface area contributed by atoms with Crippen LogP contribution in [0.1, 0.15) is 70.8 Å². The van der Waals surface area contributed by atoms with Crippen molar-refractivity contribution in [2.24, 2.45) is 0 Å². The number of carbonyl (C=O) groups excluding carboxylic acids is 1. The van der Waals surface area contributed by atoms with E-state index in [0.717, 1.165) is 38.6 Å². The minimum absolute atomic E-state index is 0.120. The second kappa shape index (κ2) is 12.2. The molecule has 0 aromatic carbocycles. The van der Waals surface area contributed by atoms with Crippen molar-refractivity contribution in [2.45, 2.75) is 65.2 Å². The van der Waals surface area contributed by atoms with Crippen LogP contribution in [-0.4, -0.2) is 37.6 Å². The summed E-state index contributed by atoms with van der Waals surface area (Å²) in [5.74, 6) is 0.395. The fraction of sp³-hybridized carbons (Fsp3) is 0.500. The van der Waals surface area contributed by atoms with Gasteiger partial charge in [0.05, 0.1) is 10.5 Å². The second-order valence-electron chi connectivity index (χ2n) is 7.99. The highest BCUT2D eigenvalue weighted by atomic mass is 32.2. The van der Waals surface area contributed by atoms with Crippen molar-refractivity contribution in [1.82, 2.24) is 14.3 Å². The van der Waals surface area contributed by atoms with E-state index in [1.165, 1.54) is 35.4 Å². The summed E-state index contributed by atoms with van der Waals surface area (Å²) in [7, 11) is 0. The van der Waals surface area contributed by atoms with Gasteiger partial charge in [-0.3, -0.25) is 18.9 Å². The molecule has 0 atom stereocenters. The van der Waals surface area contributed by atoms with E-state index in [4.69, 9.17) is 12.2 Å². The molecule has 3 heterocycles. The predicted octanol–water partition coefficient (Wildman–Crippen LogP) is 5.47. The van der Waals surface area contributed by atoms with Crippen LogP contribution in [0.2, 0.25) is 0 Å². The van der Waals surface area contributed by atoms with Crippen LogP contribution in [-0.2, 0) is 4.79 Å². The number of nitrogens with zero attached hydrogens (tertiary/aromatic N) is 3. The summed E-state index contributed by atoms with van der Waals surface area (Å²) in [6, 6.07) is 5.46. The summed E-state index contributed by atoms with van der Waals surface area (Å²) < 4.78 is 2.07. The van der Waals surface area contributed by atoms with Crippen LogP contribution in [0.15, 0.2) is 34.1 Å². The number of rotatable bonds is 12. The lowest BCUT2D eigenvalue weighted by Crippen LogP contribution is -2.29. The van der Waals surface area contributed by atoms with Crippen LogP contribution in [0, 0.1) is 0 Å². The van der Waals surface area contributed by atoms with Gasteiger partial charge in [0, 0.05) is 19.3 Å². The van der Waals surface area contributed by atoms with E-state index in [-0.39, 0.29) is 11.5 Å². The van der Waals surface area contributed by atoms with E-state index in [0.29, 0.717) is 32.8 Å². The number of hydrogen-bond donors (Lipinski definition) is 1. The zero-order valence-electron chi connectivity index (χ0n) is 18.9. The van der Waals surface area contributed by atoms with Crippen molar-refractivity contribution in [3.63, 3.8) is 0 Å². The fourth-order valence-corrected chi connectivity index (χ4v) is 4.94. The minimum atomic E-state index is -0.196. The molecule has 8 heteroatoms. The Labute approximate surface area is 199 Å². The summed E-state index contributed by atoms with van der Waals surface area (Å²) >= 11 is 6.73. The number of pyridine rings is 1. The molecule has 1 N–H and O–H groups in total. The fourth-order valence-electron chi connectivity index (χ4n) is 3.65. The third-order valence-electron chi connectivity index (χ3n) is 5.48. The molecule has 1 aliphatic rings. The van der Waals surface area contributed by atoms with Gasteiger partial charge in [0.1, 0.15) is 15.8 Å². The van der Waals surface area contributed by atoms with Crippen molar-refractivity contribution >= 4 is 51.7 Å². The average molecular weight is 473 g/mol. The Morgan fingerprint density at radius 2 is 1.81 bits per heavy atom. The first-order chi connectivity index (χ1) is 15.6. The van der Waals surface area contributed by atoms with Gasteiger partial charge in [-0.1, -0.05) is 82.4 Å². The molecule has 3 rings (SSSR count). The lowest BCUT2D eigenvalue weighted by atomic mass is 10.1. The van der Waals surface area contributed by atoms with Crippen molar-refractivity contribution in [2.75, 3.05) is 18.4 Å². The Morgan fingerprint density at radius 3 is 2.59 bits per heavy atom. The van der Waals surface area contributed by atoms with Gasteiger partial charge in [0.2, 0.25) is 0 Å². The molecule has 1 amide bonds. The van der Waals surface area contributed by atoms with Gasteiger partial charge in [-0.25, -0.2) is 4.98 Å². The standard InChI is InChI=1S/C24H32N4O2S2/c1-3-5-7-8-11-16-28-23(30)19(32-24(28)31)17-18-21(25-14-10-6-4-2)26-20-13-9-12-15-27(20)22(18)29/h9,12-13,15,17,25H,3-8,10-11,14,16H2,1-2H3. The maximum atomic E-state index is 13.2. The molecule has 1 aliphatic heterocycles. The molecular weight excluding hydrogens is 440 g/mol. The third-order valence-corrected chi connectivity index (χ3v) is 6.85. The van der Waals surface area contributed by atoms with Crippen molar-refractivity contribution in [3.8, 4) is 0 Å². The summed E-state index contributed by atoms with van der Waals surface area (Å²) in [4.78, 5) is 33.1. The topological polar surface area (TPSA) is 66.7 Å². The molecule has 0 spiro atoms. The molecule has 0 saturated carbocycles. The number of thiocarbonyl (C=S) groups is 1. The number of nitrogens with one attached hydrogen (secondary N) is 1. The third kappa shape index (κ3) is 5.98. The molecule has 0 radical (unpaired) electrons. The number of fused-ring (bicyclic) bond motifs is 1. The summed E-state index contributed by atoms with van der Waals surface area (Å²) in [6.45, 7) is 5.69. The lowest BCUT2D eigenvalue weighted by Gasteiger charge is -2.14. The molecule has 172 valence electrons. The zero-order chi connectivity index (χ0) is 22.9. The number of amides is 1. The number of carbonyl (C=O) groups is 1. The van der Waals surface area contributed by atoms with Crippen LogP contribution in [0.5, 0.6) is 0 Å². The average Bonchev–Trinajstić information content (AvgIpc) is 3.06. The predicted molar refractivity (Wildman–Crippen MR) is 138 cm³/mol. The zero-order valence-corrected chi connectivity index (χ0v) is 20.6. The first kappa shape index (κ1) is 24.5. The van der Waals surface area contributed by atoms with Crippen LogP contribution in [0.25, 0.3) is 11.7 Å². The Hall–Kier alpha value is -2.19. The summed E-state index contributed by atoms with van der Waals surface area (Å²) in [6.07, 6.45) is 12.2. The minimum Gasteiger partial charge on any atom is -0.369 e. The van der Waals surface area contributed by atoms with Gasteiger partial charge in [0.15, 0.2) is 0 Å². The Bertz CT molecular complexity index is 1050. The molecule has 32 heavy (non-hydrogen) atoms. The summed E-state index contributed by atoms with van der Waals surface area (Å²) in [5, 5.41) is 3.31. The Morgan fingerprint density at radius 1 is 1.06 bits per heavy atom. The monoisotopic (exact) mass is 472 g/mol. The molecule has 6 nitrogen and oxygen atoms in total. The molecule has 2 aromatic heterocycles. The van der Waals surface area contributed by atoms with Crippen molar-refractivity contribution in [3.05, 3.63) is 45.2 Å². The van der Waals surface area contributed by atoms with Crippen LogP contribution < -0.4 is 10.9 Å². The van der Waals surface area contributed by atoms with Gasteiger partial charge in [-0.05, 0) is 31.1 Å². The quantitative estimate of drug-likeness (QED) is 0.251. The van der Waals surface area contributed by atoms with Gasteiger partial charge in [-0.2, -0.15) is 0 Å². The molecule has 2 aromatic rings. The van der Waals surface area contributed by atoms with Gasteiger partial charge in [-0.15, -0.1) is 0 Å². The van der Waals surface area contributed by atoms with Crippen molar-refractivity contribution in [1.29, 1.82) is 0 Å². The van der Waals surface area contributed by atoms with Gasteiger partial charge < -0.3 is 5.32 Å². The molecular formula is C24H32N4O2S2. The van der Waals surface area contributed by atoms with E-state index in [2.05, 4.69) is 24.1 Å². The lowest BCUT2D eigenvalue weighted by molar-refractivity contribution is -0.122. The van der Waals surface area contributed by atoms with E-state index < -0.39 is 0 Å².